The van der Waals surface area contributed by atoms with Crippen LogP contribution in [0.4, 0.5) is 0 Å². The summed E-state index contributed by atoms with van der Waals surface area (Å²) in [6.45, 7) is 6.94. The maximum Gasteiger partial charge on any atom is 0.0206 e. The minimum atomic E-state index is 0.769. The van der Waals surface area contributed by atoms with Gasteiger partial charge in [-0.25, -0.2) is 0 Å². The van der Waals surface area contributed by atoms with Crippen LogP contribution in [0, 0.1) is 0 Å². The van der Waals surface area contributed by atoms with Gasteiger partial charge < -0.3 is 5.32 Å². The summed E-state index contributed by atoms with van der Waals surface area (Å²) in [5.74, 6) is 0. The Hall–Kier alpha value is -0.860. The Kier molecular flexibility index (Phi) is 5.69. The number of hydrogen-bond donors (Lipinski definition) is 1. The molecule has 18 heavy (non-hydrogen) atoms. The number of nitrogens with one attached hydrogen (secondary N) is 1. The van der Waals surface area contributed by atoms with Crippen LogP contribution in [-0.2, 0) is 6.54 Å². The highest BCUT2D eigenvalue weighted by Crippen LogP contribution is 2.15. The summed E-state index contributed by atoms with van der Waals surface area (Å²) in [6, 6.07) is 11.4. The third-order valence-electron chi connectivity index (χ3n) is 3.94. The molecule has 0 bridgehead atoms. The summed E-state index contributed by atoms with van der Waals surface area (Å²) in [4.78, 5) is 2.64. The lowest BCUT2D eigenvalue weighted by molar-refractivity contribution is 0.214. The summed E-state index contributed by atoms with van der Waals surface area (Å²) in [5.41, 5.74) is 1.38. The average Bonchev–Trinajstić information content (AvgIpc) is 2.61. The summed E-state index contributed by atoms with van der Waals surface area (Å²) < 4.78 is 0. The lowest BCUT2D eigenvalue weighted by Gasteiger charge is -2.26. The highest BCUT2D eigenvalue weighted by Gasteiger charge is 2.15. The van der Waals surface area contributed by atoms with Crippen molar-refractivity contribution in [1.29, 1.82) is 0 Å². The molecule has 100 valence electrons. The van der Waals surface area contributed by atoms with Crippen LogP contribution in [0.5, 0.6) is 0 Å². The van der Waals surface area contributed by atoms with Crippen molar-refractivity contribution < 1.29 is 0 Å². The molecule has 1 aliphatic rings. The molecule has 0 saturated carbocycles. The maximum atomic E-state index is 3.55. The summed E-state index contributed by atoms with van der Waals surface area (Å²) >= 11 is 0. The van der Waals surface area contributed by atoms with E-state index in [1.54, 1.807) is 0 Å². The van der Waals surface area contributed by atoms with E-state index in [4.69, 9.17) is 0 Å². The van der Waals surface area contributed by atoms with Crippen molar-refractivity contribution in [3.63, 3.8) is 0 Å². The minimum Gasteiger partial charge on any atom is -0.311 e. The molecule has 0 amide bonds. The van der Waals surface area contributed by atoms with Gasteiger partial charge in [-0.3, -0.25) is 4.90 Å². The first-order valence-electron chi connectivity index (χ1n) is 7.35. The quantitative estimate of drug-likeness (QED) is 0.803. The molecule has 1 unspecified atom stereocenters. The van der Waals surface area contributed by atoms with E-state index in [-0.39, 0.29) is 0 Å². The van der Waals surface area contributed by atoms with Crippen molar-refractivity contribution in [2.75, 3.05) is 19.6 Å². The molecule has 1 aliphatic heterocycles. The third-order valence-corrected chi connectivity index (χ3v) is 3.94. The largest absolute Gasteiger partial charge is 0.311 e. The van der Waals surface area contributed by atoms with E-state index in [0.29, 0.717) is 0 Å². The van der Waals surface area contributed by atoms with E-state index >= 15 is 0 Å². The van der Waals surface area contributed by atoms with Gasteiger partial charge in [0.2, 0.25) is 0 Å². The third kappa shape index (κ3) is 4.43. The smallest absolute Gasteiger partial charge is 0.0206 e. The first kappa shape index (κ1) is 13.6. The van der Waals surface area contributed by atoms with Gasteiger partial charge in [0.15, 0.2) is 0 Å². The highest BCUT2D eigenvalue weighted by molar-refractivity contribution is 5.14. The average molecular weight is 246 g/mol. The van der Waals surface area contributed by atoms with E-state index in [9.17, 15) is 0 Å². The van der Waals surface area contributed by atoms with E-state index in [1.165, 1.54) is 44.3 Å². The molecule has 0 spiro atoms. The van der Waals surface area contributed by atoms with Gasteiger partial charge in [-0.2, -0.15) is 0 Å². The summed E-state index contributed by atoms with van der Waals surface area (Å²) in [6.07, 6.45) is 5.58. The van der Waals surface area contributed by atoms with Crippen LogP contribution in [0.1, 0.15) is 38.2 Å². The topological polar surface area (TPSA) is 15.3 Å². The van der Waals surface area contributed by atoms with E-state index in [2.05, 4.69) is 47.5 Å². The SMILES string of the molecule is CC1CCCCCN1CCNCc1ccccc1. The molecule has 0 aliphatic carbocycles. The number of likely N-dealkylation sites (tertiary alicyclic amines) is 1. The van der Waals surface area contributed by atoms with Gasteiger partial charge in [0, 0.05) is 25.7 Å². The lowest BCUT2D eigenvalue weighted by Crippen LogP contribution is -2.37. The van der Waals surface area contributed by atoms with Crippen LogP contribution >= 0.6 is 0 Å². The minimum absolute atomic E-state index is 0.769. The Labute approximate surface area is 111 Å². The van der Waals surface area contributed by atoms with Gasteiger partial charge in [-0.1, -0.05) is 43.2 Å². The van der Waals surface area contributed by atoms with Gasteiger partial charge in [-0.15, -0.1) is 0 Å². The Morgan fingerprint density at radius 3 is 2.83 bits per heavy atom. The second-order valence-corrected chi connectivity index (χ2v) is 5.40. The van der Waals surface area contributed by atoms with Crippen LogP contribution in [0.2, 0.25) is 0 Å². The van der Waals surface area contributed by atoms with Crippen LogP contribution in [0.15, 0.2) is 30.3 Å². The summed E-state index contributed by atoms with van der Waals surface area (Å²) in [7, 11) is 0. The Morgan fingerprint density at radius 1 is 1.17 bits per heavy atom. The van der Waals surface area contributed by atoms with Crippen LogP contribution in [0.3, 0.4) is 0 Å². The molecule has 1 heterocycles. The van der Waals surface area contributed by atoms with E-state index in [0.717, 1.165) is 19.1 Å². The van der Waals surface area contributed by atoms with Gasteiger partial charge in [0.05, 0.1) is 0 Å². The zero-order valence-electron chi connectivity index (χ0n) is 11.6. The highest BCUT2D eigenvalue weighted by atomic mass is 15.2. The van der Waals surface area contributed by atoms with Crippen molar-refractivity contribution in [1.82, 2.24) is 10.2 Å². The Balaban J connectivity index is 1.65. The second-order valence-electron chi connectivity index (χ2n) is 5.40. The molecule has 2 rings (SSSR count). The first-order valence-corrected chi connectivity index (χ1v) is 7.35. The predicted molar refractivity (Wildman–Crippen MR) is 77.7 cm³/mol. The first-order chi connectivity index (χ1) is 8.86. The Morgan fingerprint density at radius 2 is 2.00 bits per heavy atom. The predicted octanol–water partition coefficient (Wildman–Crippen LogP) is 3.04. The number of hydrogen-bond acceptors (Lipinski definition) is 2. The molecule has 1 atom stereocenters. The fourth-order valence-corrected chi connectivity index (χ4v) is 2.72. The van der Waals surface area contributed by atoms with E-state index in [1.807, 2.05) is 0 Å². The molecular weight excluding hydrogens is 220 g/mol. The number of benzene rings is 1. The zero-order chi connectivity index (χ0) is 12.6. The molecule has 1 saturated heterocycles. The molecule has 1 N–H and O–H groups in total. The van der Waals surface area contributed by atoms with Crippen molar-refractivity contribution in [3.8, 4) is 0 Å². The molecule has 2 nitrogen and oxygen atoms in total. The zero-order valence-corrected chi connectivity index (χ0v) is 11.6. The van der Waals surface area contributed by atoms with Gasteiger partial charge >= 0.3 is 0 Å². The fraction of sp³-hybridized carbons (Fsp3) is 0.625. The van der Waals surface area contributed by atoms with E-state index < -0.39 is 0 Å². The molecular formula is C16H26N2. The molecule has 1 aromatic carbocycles. The number of rotatable bonds is 5. The Bertz CT molecular complexity index is 323. The molecule has 0 aromatic heterocycles. The molecule has 0 radical (unpaired) electrons. The van der Waals surface area contributed by atoms with Crippen LogP contribution in [-0.4, -0.2) is 30.6 Å². The second kappa shape index (κ2) is 7.55. The fourth-order valence-electron chi connectivity index (χ4n) is 2.72. The van der Waals surface area contributed by atoms with Gasteiger partial charge in [0.25, 0.3) is 0 Å². The van der Waals surface area contributed by atoms with Gasteiger partial charge in [-0.05, 0) is 31.9 Å². The number of nitrogens with zero attached hydrogens (tertiary/aromatic N) is 1. The van der Waals surface area contributed by atoms with Crippen molar-refractivity contribution in [2.45, 2.75) is 45.2 Å². The monoisotopic (exact) mass is 246 g/mol. The normalized spacial score (nSPS) is 21.7. The standard InChI is InChI=1S/C16H26N2/c1-15-8-4-3-7-12-18(15)13-11-17-14-16-9-5-2-6-10-16/h2,5-6,9-10,15,17H,3-4,7-8,11-14H2,1H3. The van der Waals surface area contributed by atoms with Crippen LogP contribution < -0.4 is 5.32 Å². The summed E-state index contributed by atoms with van der Waals surface area (Å²) in [5, 5.41) is 3.55. The van der Waals surface area contributed by atoms with Crippen molar-refractivity contribution >= 4 is 0 Å². The van der Waals surface area contributed by atoms with Gasteiger partial charge in [0.1, 0.15) is 0 Å². The molecule has 2 heteroatoms. The molecule has 1 aromatic rings. The lowest BCUT2D eigenvalue weighted by atomic mass is 10.1. The van der Waals surface area contributed by atoms with Crippen molar-refractivity contribution in [3.05, 3.63) is 35.9 Å². The van der Waals surface area contributed by atoms with Crippen molar-refractivity contribution in [2.24, 2.45) is 0 Å². The van der Waals surface area contributed by atoms with Crippen LogP contribution in [0.25, 0.3) is 0 Å². The maximum absolute atomic E-state index is 3.55. The molecule has 1 fully saturated rings.